The first-order valence-electron chi connectivity index (χ1n) is 8.75. The smallest absolute Gasteiger partial charge is 0.225 e. The third-order valence-electron chi connectivity index (χ3n) is 4.41. The van der Waals surface area contributed by atoms with Crippen LogP contribution in [0.1, 0.15) is 25.3 Å². The number of nitrogens with one attached hydrogen (secondary N) is 1. The van der Waals surface area contributed by atoms with Gasteiger partial charge in [0, 0.05) is 25.7 Å². The number of halogens is 4. The first kappa shape index (κ1) is 20.7. The highest BCUT2D eigenvalue weighted by Crippen LogP contribution is 2.30. The van der Waals surface area contributed by atoms with Gasteiger partial charge in [0.25, 0.3) is 0 Å². The number of hydrogen-bond acceptors (Lipinski definition) is 5. The second-order valence-corrected chi connectivity index (χ2v) is 7.82. The van der Waals surface area contributed by atoms with E-state index < -0.39 is 0 Å². The molecule has 146 valence electrons. The zero-order chi connectivity index (χ0) is 19.4. The fourth-order valence-corrected chi connectivity index (χ4v) is 3.78. The topological polar surface area (TPSA) is 50.3 Å². The van der Waals surface area contributed by atoms with Gasteiger partial charge in [-0.05, 0) is 49.1 Å². The number of likely N-dealkylation sites (tertiary alicyclic amines) is 1. The summed E-state index contributed by atoms with van der Waals surface area (Å²) in [5.41, 5.74) is 1.19. The highest BCUT2D eigenvalue weighted by molar-refractivity contribution is 6.43. The predicted octanol–water partition coefficient (Wildman–Crippen LogP) is 5.57. The van der Waals surface area contributed by atoms with E-state index in [1.54, 1.807) is 0 Å². The molecule has 1 fully saturated rings. The quantitative estimate of drug-likeness (QED) is 0.461. The van der Waals surface area contributed by atoms with Gasteiger partial charge in [-0.15, -0.1) is 0 Å². The summed E-state index contributed by atoms with van der Waals surface area (Å²) in [4.78, 5) is 10.4. The van der Waals surface area contributed by atoms with Crippen molar-refractivity contribution >= 4 is 52.2 Å². The molecule has 1 aliphatic rings. The van der Waals surface area contributed by atoms with Crippen LogP contribution in [0.25, 0.3) is 0 Å². The third kappa shape index (κ3) is 5.52. The Bertz CT molecular complexity index is 797. The van der Waals surface area contributed by atoms with E-state index in [4.69, 9.17) is 51.1 Å². The molecule has 3 rings (SSSR count). The summed E-state index contributed by atoms with van der Waals surface area (Å²) >= 11 is 24.2. The Morgan fingerprint density at radius 3 is 2.59 bits per heavy atom. The van der Waals surface area contributed by atoms with Gasteiger partial charge in [0.2, 0.25) is 5.28 Å². The highest BCUT2D eigenvalue weighted by atomic mass is 35.5. The Hall–Kier alpha value is -0.980. The SMILES string of the molecule is CCOc1cc(CN2CCC(Nc3nc(Cl)nc(Cl)c3Cl)CC2)ccc1Cl. The number of piperidine rings is 1. The van der Waals surface area contributed by atoms with Gasteiger partial charge in [-0.2, -0.15) is 4.98 Å². The van der Waals surface area contributed by atoms with E-state index >= 15 is 0 Å². The summed E-state index contributed by atoms with van der Waals surface area (Å²) < 4.78 is 5.57. The molecule has 1 aliphatic heterocycles. The molecule has 0 saturated carbocycles. The molecule has 0 spiro atoms. The first-order valence-corrected chi connectivity index (χ1v) is 10.3. The normalized spacial score (nSPS) is 15.7. The molecule has 0 atom stereocenters. The fourth-order valence-electron chi connectivity index (χ4n) is 3.09. The molecule has 1 aromatic heterocycles. The molecule has 9 heteroatoms. The van der Waals surface area contributed by atoms with Crippen LogP contribution in [0.5, 0.6) is 5.75 Å². The summed E-state index contributed by atoms with van der Waals surface area (Å²) in [7, 11) is 0. The average Bonchev–Trinajstić information content (AvgIpc) is 2.64. The predicted molar refractivity (Wildman–Crippen MR) is 112 cm³/mol. The van der Waals surface area contributed by atoms with E-state index in [1.165, 1.54) is 5.56 Å². The molecular weight excluding hydrogens is 430 g/mol. The molecule has 2 heterocycles. The molecule has 2 aromatic rings. The molecule has 0 aliphatic carbocycles. The molecular formula is C18H20Cl4N4O. The van der Waals surface area contributed by atoms with Crippen LogP contribution in [0.15, 0.2) is 18.2 Å². The minimum atomic E-state index is 0.0807. The maximum absolute atomic E-state index is 6.16. The Balaban J connectivity index is 1.56. The maximum atomic E-state index is 6.16. The number of rotatable bonds is 6. The largest absolute Gasteiger partial charge is 0.492 e. The second kappa shape index (κ2) is 9.48. The summed E-state index contributed by atoms with van der Waals surface area (Å²) in [5.74, 6) is 1.22. The van der Waals surface area contributed by atoms with Gasteiger partial charge in [-0.1, -0.05) is 40.9 Å². The minimum absolute atomic E-state index is 0.0807. The summed E-state index contributed by atoms with van der Waals surface area (Å²) in [6.07, 6.45) is 1.92. The van der Waals surface area contributed by atoms with E-state index in [-0.39, 0.29) is 16.5 Å². The van der Waals surface area contributed by atoms with E-state index in [2.05, 4.69) is 20.2 Å². The minimum Gasteiger partial charge on any atom is -0.492 e. The van der Waals surface area contributed by atoms with Crippen molar-refractivity contribution in [2.24, 2.45) is 0 Å². The van der Waals surface area contributed by atoms with Crippen LogP contribution in [0, 0.1) is 0 Å². The van der Waals surface area contributed by atoms with Crippen LogP contribution in [0.4, 0.5) is 5.82 Å². The van der Waals surface area contributed by atoms with Crippen LogP contribution < -0.4 is 10.1 Å². The Morgan fingerprint density at radius 1 is 1.15 bits per heavy atom. The first-order chi connectivity index (χ1) is 13.0. The number of nitrogens with zero attached hydrogens (tertiary/aromatic N) is 3. The number of benzene rings is 1. The fraction of sp³-hybridized carbons (Fsp3) is 0.444. The summed E-state index contributed by atoms with van der Waals surface area (Å²) in [5, 5.41) is 4.51. The van der Waals surface area contributed by atoms with Crippen molar-refractivity contribution in [1.29, 1.82) is 0 Å². The van der Waals surface area contributed by atoms with E-state index in [1.807, 2.05) is 25.1 Å². The maximum Gasteiger partial charge on any atom is 0.225 e. The van der Waals surface area contributed by atoms with Crippen LogP contribution in [-0.2, 0) is 6.54 Å². The molecule has 1 saturated heterocycles. The number of aromatic nitrogens is 2. The monoisotopic (exact) mass is 448 g/mol. The van der Waals surface area contributed by atoms with E-state index in [9.17, 15) is 0 Å². The van der Waals surface area contributed by atoms with Crippen LogP contribution >= 0.6 is 46.4 Å². The van der Waals surface area contributed by atoms with Crippen LogP contribution in [0.3, 0.4) is 0 Å². The number of ether oxygens (including phenoxy) is 1. The van der Waals surface area contributed by atoms with Crippen molar-refractivity contribution in [1.82, 2.24) is 14.9 Å². The molecule has 0 amide bonds. The Morgan fingerprint density at radius 2 is 1.89 bits per heavy atom. The van der Waals surface area contributed by atoms with E-state index in [0.717, 1.165) is 38.2 Å². The second-order valence-electron chi connectivity index (χ2n) is 6.34. The van der Waals surface area contributed by atoms with Crippen molar-refractivity contribution in [2.45, 2.75) is 32.4 Å². The highest BCUT2D eigenvalue weighted by Gasteiger charge is 2.21. The standard InChI is InChI=1S/C18H20Cl4N4O/c1-2-27-14-9-11(3-4-13(14)19)10-26-7-5-12(6-8-26)23-17-15(20)16(21)24-18(22)25-17/h3-4,9,12H,2,5-8,10H2,1H3,(H,23,24,25). The zero-order valence-corrected chi connectivity index (χ0v) is 17.8. The molecule has 1 aromatic carbocycles. The van der Waals surface area contributed by atoms with Gasteiger partial charge in [0.1, 0.15) is 10.8 Å². The van der Waals surface area contributed by atoms with Crippen LogP contribution in [0.2, 0.25) is 20.5 Å². The lowest BCUT2D eigenvalue weighted by Crippen LogP contribution is -2.38. The molecule has 0 radical (unpaired) electrons. The summed E-state index contributed by atoms with van der Waals surface area (Å²) in [6.45, 7) is 5.31. The average molecular weight is 450 g/mol. The molecule has 27 heavy (non-hydrogen) atoms. The lowest BCUT2D eigenvalue weighted by atomic mass is 10.0. The van der Waals surface area contributed by atoms with Gasteiger partial charge in [-0.25, -0.2) is 4.98 Å². The van der Waals surface area contributed by atoms with Gasteiger partial charge in [-0.3, -0.25) is 4.90 Å². The van der Waals surface area contributed by atoms with Crippen molar-refractivity contribution in [3.05, 3.63) is 44.2 Å². The van der Waals surface area contributed by atoms with Gasteiger partial charge < -0.3 is 10.1 Å². The summed E-state index contributed by atoms with van der Waals surface area (Å²) in [6, 6.07) is 6.20. The van der Waals surface area contributed by atoms with Gasteiger partial charge in [0.15, 0.2) is 11.0 Å². The van der Waals surface area contributed by atoms with Crippen molar-refractivity contribution in [3.8, 4) is 5.75 Å². The molecule has 1 N–H and O–H groups in total. The molecule has 0 bridgehead atoms. The lowest BCUT2D eigenvalue weighted by Gasteiger charge is -2.32. The van der Waals surface area contributed by atoms with Crippen LogP contribution in [-0.4, -0.2) is 40.6 Å². The molecule has 5 nitrogen and oxygen atoms in total. The molecule has 0 unspecified atom stereocenters. The van der Waals surface area contributed by atoms with Crippen molar-refractivity contribution in [2.75, 3.05) is 25.0 Å². The van der Waals surface area contributed by atoms with Gasteiger partial charge in [0.05, 0.1) is 11.6 Å². The Kier molecular flexibility index (Phi) is 7.29. The van der Waals surface area contributed by atoms with Crippen molar-refractivity contribution in [3.63, 3.8) is 0 Å². The number of anilines is 1. The number of hydrogen-bond donors (Lipinski definition) is 1. The van der Waals surface area contributed by atoms with Gasteiger partial charge >= 0.3 is 0 Å². The Labute approximate surface area is 178 Å². The zero-order valence-electron chi connectivity index (χ0n) is 14.8. The third-order valence-corrected chi connectivity index (χ3v) is 5.62. The lowest BCUT2D eigenvalue weighted by molar-refractivity contribution is 0.211. The van der Waals surface area contributed by atoms with E-state index in [0.29, 0.717) is 22.5 Å². The van der Waals surface area contributed by atoms with Crippen molar-refractivity contribution < 1.29 is 4.74 Å².